The summed E-state index contributed by atoms with van der Waals surface area (Å²) in [5, 5.41) is 12.4. The predicted octanol–water partition coefficient (Wildman–Crippen LogP) is 11.2. The van der Waals surface area contributed by atoms with Crippen LogP contribution >= 0.6 is 0 Å². The van der Waals surface area contributed by atoms with Gasteiger partial charge in [-0.3, -0.25) is 0 Å². The first-order chi connectivity index (χ1) is 28.8. The third-order valence-corrected chi connectivity index (χ3v) is 17.1. The van der Waals surface area contributed by atoms with Gasteiger partial charge in [-0.1, -0.05) is 170 Å². The fourth-order valence-electron chi connectivity index (χ4n) is 9.90. The molecule has 0 fully saturated rings. The van der Waals surface area contributed by atoms with Gasteiger partial charge in [0.1, 0.15) is 11.2 Å². The summed E-state index contributed by atoms with van der Waals surface area (Å²) >= 11 is 0. The van der Waals surface area contributed by atoms with E-state index in [0.717, 1.165) is 44.3 Å². The third-order valence-electron chi connectivity index (χ3n) is 12.3. The van der Waals surface area contributed by atoms with Crippen LogP contribution in [-0.2, 0) is 0 Å². The summed E-state index contributed by atoms with van der Waals surface area (Å²) in [5.41, 5.74) is 8.81. The summed E-state index contributed by atoms with van der Waals surface area (Å²) in [6.45, 7) is 0. The number of hydrogen-bond acceptors (Lipinski definition) is 1. The van der Waals surface area contributed by atoms with Gasteiger partial charge in [0.05, 0.1) is 33.1 Å². The second kappa shape index (κ2) is 12.8. The van der Waals surface area contributed by atoms with E-state index in [0.29, 0.717) is 0 Å². The minimum atomic E-state index is -2.87. The van der Waals surface area contributed by atoms with Crippen LogP contribution in [0.4, 0.5) is 0 Å². The van der Waals surface area contributed by atoms with Crippen LogP contribution in [0, 0.1) is 0 Å². The van der Waals surface area contributed by atoms with E-state index in [4.69, 9.17) is 4.42 Å². The molecule has 0 spiro atoms. The maximum absolute atomic E-state index is 7.18. The number of para-hydroxylation sites is 4. The first-order valence-corrected chi connectivity index (χ1v) is 21.9. The molecule has 4 heteroatoms. The number of hydrogen-bond donors (Lipinski definition) is 0. The largest absolute Gasteiger partial charge is 0.456 e. The zero-order chi connectivity index (χ0) is 38.2. The summed E-state index contributed by atoms with van der Waals surface area (Å²) in [6.07, 6.45) is 0. The second-order valence-electron chi connectivity index (χ2n) is 15.2. The minimum Gasteiger partial charge on any atom is -0.456 e. The number of nitrogens with zero attached hydrogens (tertiary/aromatic N) is 2. The number of fused-ring (bicyclic) bond motifs is 9. The Morgan fingerprint density at radius 3 is 1.40 bits per heavy atom. The van der Waals surface area contributed by atoms with Gasteiger partial charge in [0, 0.05) is 32.6 Å². The van der Waals surface area contributed by atoms with Crippen LogP contribution in [0.15, 0.2) is 223 Å². The SMILES string of the molecule is c1ccc([Si](c2ccccc2)(c2ccccc2)c2cccc3c2oc2cccc(-n4c5ccccc5c5cc(-n6c7ccccc7c7ccccc76)ccc54)c23)cc1. The van der Waals surface area contributed by atoms with E-state index in [-0.39, 0.29) is 0 Å². The van der Waals surface area contributed by atoms with Gasteiger partial charge in [-0.05, 0) is 69.3 Å². The van der Waals surface area contributed by atoms with Crippen LogP contribution < -0.4 is 20.7 Å². The zero-order valence-electron chi connectivity index (χ0n) is 31.6. The smallest absolute Gasteiger partial charge is 0.184 e. The van der Waals surface area contributed by atoms with E-state index >= 15 is 0 Å². The zero-order valence-corrected chi connectivity index (χ0v) is 32.6. The van der Waals surface area contributed by atoms with Crippen LogP contribution in [0.3, 0.4) is 0 Å². The van der Waals surface area contributed by atoms with Crippen molar-refractivity contribution in [2.75, 3.05) is 0 Å². The van der Waals surface area contributed by atoms with Crippen LogP contribution in [0.2, 0.25) is 0 Å². The molecule has 0 radical (unpaired) electrons. The Morgan fingerprint density at radius 1 is 0.345 bits per heavy atom. The molecule has 0 aliphatic rings. The summed E-state index contributed by atoms with van der Waals surface area (Å²) < 4.78 is 12.0. The van der Waals surface area contributed by atoms with Crippen molar-refractivity contribution in [2.45, 2.75) is 0 Å². The molecule has 3 nitrogen and oxygen atoms in total. The van der Waals surface area contributed by atoms with Gasteiger partial charge >= 0.3 is 0 Å². The average Bonchev–Trinajstić information content (AvgIpc) is 3.96. The molecule has 0 aliphatic carbocycles. The van der Waals surface area contributed by atoms with E-state index in [1.807, 2.05) is 0 Å². The molecule has 12 rings (SSSR count). The molecule has 0 bridgehead atoms. The Bertz CT molecular complexity index is 3360. The summed E-state index contributed by atoms with van der Waals surface area (Å²) in [5.74, 6) is 0. The van der Waals surface area contributed by atoms with Crippen LogP contribution in [0.1, 0.15) is 0 Å². The summed E-state index contributed by atoms with van der Waals surface area (Å²) in [4.78, 5) is 0. The predicted molar refractivity (Wildman–Crippen MR) is 246 cm³/mol. The fourth-order valence-corrected chi connectivity index (χ4v) is 14.8. The van der Waals surface area contributed by atoms with Crippen molar-refractivity contribution in [2.24, 2.45) is 0 Å². The molecular formula is C54H36N2OSi. The van der Waals surface area contributed by atoms with Crippen molar-refractivity contribution in [3.05, 3.63) is 218 Å². The van der Waals surface area contributed by atoms with Crippen molar-refractivity contribution in [1.29, 1.82) is 0 Å². The summed E-state index contributed by atoms with van der Waals surface area (Å²) in [7, 11) is -2.87. The molecule has 0 aliphatic heterocycles. The second-order valence-corrected chi connectivity index (χ2v) is 19.0. The van der Waals surface area contributed by atoms with Crippen molar-refractivity contribution in [3.8, 4) is 11.4 Å². The Balaban J connectivity index is 1.14. The molecule has 9 aromatic carbocycles. The van der Waals surface area contributed by atoms with E-state index in [1.54, 1.807) is 0 Å². The highest BCUT2D eigenvalue weighted by Gasteiger charge is 2.43. The molecule has 58 heavy (non-hydrogen) atoms. The molecule has 0 unspecified atom stereocenters. The summed E-state index contributed by atoms with van der Waals surface area (Å²) in [6, 6.07) is 79.8. The number of rotatable bonds is 6. The highest BCUT2D eigenvalue weighted by atomic mass is 28.3. The van der Waals surface area contributed by atoms with Crippen LogP contribution in [-0.4, -0.2) is 17.2 Å². The lowest BCUT2D eigenvalue weighted by Crippen LogP contribution is -2.74. The standard InChI is InChI=1S/C54H36N2OSi/c1-4-18-38(19-5-1)58(39-20-6-2-7-21-39,40-22-8-3-9-23-40)52-33-16-27-44-53-50(31-17-32-51(53)57-54(44)52)56-48-30-15-12-26-43(48)45-36-37(34-35-49(45)56)55-46-28-13-10-24-41(46)42-25-11-14-29-47(42)55/h1-36H. The quantitative estimate of drug-likeness (QED) is 0.122. The molecule has 12 aromatic rings. The molecule has 3 heterocycles. The Labute approximate surface area is 336 Å². The van der Waals surface area contributed by atoms with Gasteiger partial charge < -0.3 is 13.6 Å². The Morgan fingerprint density at radius 2 is 0.810 bits per heavy atom. The van der Waals surface area contributed by atoms with Crippen molar-refractivity contribution in [3.63, 3.8) is 0 Å². The van der Waals surface area contributed by atoms with Crippen LogP contribution in [0.25, 0.3) is 76.9 Å². The highest BCUT2D eigenvalue weighted by Crippen LogP contribution is 2.40. The topological polar surface area (TPSA) is 23.0 Å². The van der Waals surface area contributed by atoms with E-state index in [1.165, 1.54) is 53.3 Å². The number of benzene rings is 9. The van der Waals surface area contributed by atoms with Gasteiger partial charge in [0.25, 0.3) is 0 Å². The fraction of sp³-hybridized carbons (Fsp3) is 0. The van der Waals surface area contributed by atoms with Crippen molar-refractivity contribution >= 4 is 94.4 Å². The normalized spacial score (nSPS) is 12.1. The minimum absolute atomic E-state index is 0.880. The molecule has 0 amide bonds. The van der Waals surface area contributed by atoms with Gasteiger partial charge in [-0.25, -0.2) is 0 Å². The van der Waals surface area contributed by atoms with Crippen molar-refractivity contribution in [1.82, 2.24) is 9.13 Å². The van der Waals surface area contributed by atoms with Gasteiger partial charge in [-0.2, -0.15) is 0 Å². The maximum atomic E-state index is 7.18. The van der Waals surface area contributed by atoms with E-state index in [9.17, 15) is 0 Å². The first kappa shape index (κ1) is 32.8. The molecule has 0 N–H and O–H groups in total. The van der Waals surface area contributed by atoms with Gasteiger partial charge in [0.2, 0.25) is 0 Å². The van der Waals surface area contributed by atoms with Crippen molar-refractivity contribution < 1.29 is 4.42 Å². The van der Waals surface area contributed by atoms with E-state index in [2.05, 4.69) is 228 Å². The average molecular weight is 757 g/mol. The van der Waals surface area contributed by atoms with E-state index < -0.39 is 8.07 Å². The Hall–Kier alpha value is -7.40. The molecule has 0 saturated carbocycles. The third kappa shape index (κ3) is 4.61. The lowest BCUT2D eigenvalue weighted by molar-refractivity contribution is 0.671. The number of aromatic nitrogens is 2. The lowest BCUT2D eigenvalue weighted by atomic mass is 10.1. The first-order valence-electron chi connectivity index (χ1n) is 19.9. The molecule has 272 valence electrons. The monoisotopic (exact) mass is 756 g/mol. The maximum Gasteiger partial charge on any atom is 0.184 e. The molecular weight excluding hydrogens is 721 g/mol. The van der Waals surface area contributed by atoms with Gasteiger partial charge in [-0.15, -0.1) is 0 Å². The van der Waals surface area contributed by atoms with Crippen LogP contribution in [0.5, 0.6) is 0 Å². The highest BCUT2D eigenvalue weighted by molar-refractivity contribution is 7.20. The molecule has 0 saturated heterocycles. The van der Waals surface area contributed by atoms with Gasteiger partial charge in [0.15, 0.2) is 8.07 Å². The Kier molecular flexibility index (Phi) is 7.25. The molecule has 3 aromatic heterocycles. The number of furan rings is 1. The molecule has 0 atom stereocenters. The lowest BCUT2D eigenvalue weighted by Gasteiger charge is -2.34.